The lowest BCUT2D eigenvalue weighted by molar-refractivity contribution is -0.154. The molecule has 2 aliphatic heterocycles. The molecule has 1 amide bonds. The van der Waals surface area contributed by atoms with Gasteiger partial charge in [0.25, 0.3) is 5.91 Å². The Labute approximate surface area is 315 Å². The van der Waals surface area contributed by atoms with Crippen LogP contribution in [0.15, 0.2) is 67.0 Å². The number of carbonyl (C=O) groups excluding carboxylic acids is 2. The fourth-order valence-electron chi connectivity index (χ4n) is 6.28. The van der Waals surface area contributed by atoms with E-state index in [1.807, 2.05) is 36.4 Å². The zero-order chi connectivity index (χ0) is 37.5. The third-order valence-corrected chi connectivity index (χ3v) is 9.22. The van der Waals surface area contributed by atoms with Gasteiger partial charge in [0, 0.05) is 55.8 Å². The summed E-state index contributed by atoms with van der Waals surface area (Å²) in [7, 11) is 0. The maximum Gasteiger partial charge on any atom is 0.308 e. The third kappa shape index (κ3) is 10.2. The highest BCUT2D eigenvalue weighted by atomic mass is 35.5. The van der Waals surface area contributed by atoms with Gasteiger partial charge in [-0.15, -0.1) is 0 Å². The van der Waals surface area contributed by atoms with Gasteiger partial charge in [-0.25, -0.2) is 0 Å². The summed E-state index contributed by atoms with van der Waals surface area (Å²) >= 11 is 6.82. The number of aromatic nitrogens is 1. The summed E-state index contributed by atoms with van der Waals surface area (Å²) in [6.45, 7) is 10.9. The van der Waals surface area contributed by atoms with E-state index in [2.05, 4.69) is 28.2 Å². The highest BCUT2D eigenvalue weighted by molar-refractivity contribution is 6.32. The molecule has 6 rings (SSSR count). The molecule has 2 N–H and O–H groups in total. The molecule has 0 radical (unpaired) electrons. The lowest BCUT2D eigenvalue weighted by atomic mass is 9.96. The van der Waals surface area contributed by atoms with Crippen LogP contribution in [0.5, 0.6) is 23.0 Å². The van der Waals surface area contributed by atoms with Crippen LogP contribution in [0.4, 0.5) is 0 Å². The summed E-state index contributed by atoms with van der Waals surface area (Å²) in [5, 5.41) is 13.3. The lowest BCUT2D eigenvalue weighted by Gasteiger charge is -2.21. The molecule has 0 aliphatic carbocycles. The second-order valence-corrected chi connectivity index (χ2v) is 14.7. The van der Waals surface area contributed by atoms with Gasteiger partial charge in [-0.3, -0.25) is 19.5 Å². The largest absolute Gasteiger partial charge is 0.488 e. The van der Waals surface area contributed by atoms with E-state index in [1.165, 1.54) is 6.20 Å². The number of aliphatic hydroxyl groups excluding tert-OH is 1. The number of fused-ring (bicyclic) bond motifs is 1. The maximum absolute atomic E-state index is 12.9. The van der Waals surface area contributed by atoms with Crippen LogP contribution < -0.4 is 24.3 Å². The van der Waals surface area contributed by atoms with Crippen LogP contribution in [0, 0.1) is 6.92 Å². The average Bonchev–Trinajstić information content (AvgIpc) is 3.54. The van der Waals surface area contributed by atoms with Crippen LogP contribution in [0.1, 0.15) is 66.2 Å². The van der Waals surface area contributed by atoms with Crippen molar-refractivity contribution in [2.75, 3.05) is 32.8 Å². The molecule has 0 unspecified atom stereocenters. The van der Waals surface area contributed by atoms with E-state index in [4.69, 9.17) is 35.3 Å². The molecule has 12 heteroatoms. The summed E-state index contributed by atoms with van der Waals surface area (Å²) < 4.78 is 29.5. The number of aliphatic hydroxyl groups is 1. The Balaban J connectivity index is 1.15. The summed E-state index contributed by atoms with van der Waals surface area (Å²) in [5.74, 6) is 1.78. The predicted octanol–water partition coefficient (Wildman–Crippen LogP) is 6.67. The van der Waals surface area contributed by atoms with E-state index < -0.39 is 5.60 Å². The number of hydrogen-bond acceptors (Lipinski definition) is 10. The van der Waals surface area contributed by atoms with Crippen LogP contribution >= 0.6 is 11.6 Å². The van der Waals surface area contributed by atoms with Crippen molar-refractivity contribution in [1.82, 2.24) is 15.2 Å². The van der Waals surface area contributed by atoms with Gasteiger partial charge in [-0.1, -0.05) is 35.9 Å². The number of benzene rings is 3. The van der Waals surface area contributed by atoms with Crippen molar-refractivity contribution in [3.05, 3.63) is 99.8 Å². The molecule has 280 valence electrons. The molecular formula is C41H46ClN3O8. The molecule has 4 aromatic rings. The zero-order valence-electron chi connectivity index (χ0n) is 30.6. The molecule has 3 heterocycles. The number of amides is 1. The third-order valence-electron chi connectivity index (χ3n) is 8.92. The van der Waals surface area contributed by atoms with Gasteiger partial charge in [-0.05, 0) is 80.6 Å². The normalized spacial score (nSPS) is 15.5. The molecule has 0 bridgehead atoms. The standard InChI is InChI=1S/C41H46ClN3O8/c1-26-29(6-5-7-33(26)28-8-9-35-38(18-28)50-15-14-49-35)25-52-37-19-36(31(17-34(37)42)22-45-13-11-32(46)23-45)51-24-27-16-30(21-43-20-27)40(48)44-12-10-39(47)53-41(2,3)4/h5-9,16-21,32,46H,10-15,22-25H2,1-4H3,(H,44,48)/t32-/m0/s1. The van der Waals surface area contributed by atoms with E-state index in [0.717, 1.165) is 45.9 Å². The lowest BCUT2D eigenvalue weighted by Crippen LogP contribution is -2.29. The van der Waals surface area contributed by atoms with Crippen LogP contribution in [-0.4, -0.2) is 71.4 Å². The fourth-order valence-corrected chi connectivity index (χ4v) is 6.53. The van der Waals surface area contributed by atoms with Gasteiger partial charge >= 0.3 is 5.97 Å². The first kappa shape index (κ1) is 37.9. The Morgan fingerprint density at radius 1 is 0.981 bits per heavy atom. The molecule has 53 heavy (non-hydrogen) atoms. The number of rotatable bonds is 13. The molecule has 11 nitrogen and oxygen atoms in total. The van der Waals surface area contributed by atoms with Gasteiger partial charge in [-0.2, -0.15) is 0 Å². The van der Waals surface area contributed by atoms with Crippen LogP contribution in [0.3, 0.4) is 0 Å². The number of nitrogens with one attached hydrogen (secondary N) is 1. The van der Waals surface area contributed by atoms with Crippen molar-refractivity contribution < 1.29 is 38.4 Å². The van der Waals surface area contributed by atoms with E-state index in [-0.39, 0.29) is 44.2 Å². The Morgan fingerprint density at radius 3 is 2.55 bits per heavy atom. The van der Waals surface area contributed by atoms with Gasteiger partial charge in [0.2, 0.25) is 0 Å². The van der Waals surface area contributed by atoms with E-state index in [0.29, 0.717) is 60.4 Å². The molecule has 1 aromatic heterocycles. The number of β-amino-alcohol motifs (C(OH)–C–C–N with tert-alkyl or cyclic N) is 1. The quantitative estimate of drug-likeness (QED) is 0.143. The first-order chi connectivity index (χ1) is 25.4. The SMILES string of the molecule is Cc1c(COc2cc(OCc3cncc(C(=O)NCCC(=O)OC(C)(C)C)c3)c(CN3CC[C@H](O)C3)cc2Cl)cccc1-c1ccc2c(c1)OCCO2. The monoisotopic (exact) mass is 743 g/mol. The Bertz CT molecular complexity index is 1950. The highest BCUT2D eigenvalue weighted by Crippen LogP contribution is 2.38. The molecule has 2 aliphatic rings. The first-order valence-electron chi connectivity index (χ1n) is 17.8. The summed E-state index contributed by atoms with van der Waals surface area (Å²) in [6, 6.07) is 17.4. The van der Waals surface area contributed by atoms with Crippen molar-refractivity contribution in [3.63, 3.8) is 0 Å². The second kappa shape index (κ2) is 16.9. The fraction of sp³-hybridized carbons (Fsp3) is 0.390. The summed E-state index contributed by atoms with van der Waals surface area (Å²) in [6.07, 6.45) is 3.49. The minimum Gasteiger partial charge on any atom is -0.488 e. The Morgan fingerprint density at radius 2 is 1.77 bits per heavy atom. The molecule has 0 spiro atoms. The number of esters is 1. The topological polar surface area (TPSA) is 129 Å². The molecule has 1 fully saturated rings. The minimum atomic E-state index is -0.591. The van der Waals surface area contributed by atoms with E-state index in [9.17, 15) is 14.7 Å². The van der Waals surface area contributed by atoms with E-state index in [1.54, 1.807) is 39.1 Å². The Kier molecular flexibility index (Phi) is 12.1. The summed E-state index contributed by atoms with van der Waals surface area (Å²) in [4.78, 5) is 31.3. The molecule has 3 aromatic carbocycles. The highest BCUT2D eigenvalue weighted by Gasteiger charge is 2.23. The predicted molar refractivity (Wildman–Crippen MR) is 201 cm³/mol. The number of hydrogen-bond donors (Lipinski definition) is 2. The average molecular weight is 744 g/mol. The number of likely N-dealkylation sites (tertiary alicyclic amines) is 1. The van der Waals surface area contributed by atoms with E-state index >= 15 is 0 Å². The van der Waals surface area contributed by atoms with Crippen LogP contribution in [-0.2, 0) is 29.3 Å². The van der Waals surface area contributed by atoms with Crippen molar-refractivity contribution in [3.8, 4) is 34.1 Å². The molecule has 1 saturated heterocycles. The molecule has 1 atom stereocenters. The van der Waals surface area contributed by atoms with Gasteiger partial charge < -0.3 is 34.1 Å². The zero-order valence-corrected chi connectivity index (χ0v) is 31.3. The van der Waals surface area contributed by atoms with Crippen LogP contribution in [0.25, 0.3) is 11.1 Å². The van der Waals surface area contributed by atoms with Gasteiger partial charge in [0.1, 0.15) is 43.5 Å². The summed E-state index contributed by atoms with van der Waals surface area (Å²) in [5.41, 5.74) is 5.43. The number of halogens is 1. The van der Waals surface area contributed by atoms with Gasteiger partial charge in [0.15, 0.2) is 11.5 Å². The van der Waals surface area contributed by atoms with Crippen molar-refractivity contribution >= 4 is 23.5 Å². The van der Waals surface area contributed by atoms with Crippen LogP contribution in [0.2, 0.25) is 5.02 Å². The minimum absolute atomic E-state index is 0.0575. The second-order valence-electron chi connectivity index (χ2n) is 14.3. The smallest absolute Gasteiger partial charge is 0.308 e. The molecular weight excluding hydrogens is 698 g/mol. The number of nitrogens with zero attached hydrogens (tertiary/aromatic N) is 2. The molecule has 0 saturated carbocycles. The van der Waals surface area contributed by atoms with Crippen molar-refractivity contribution in [2.24, 2.45) is 0 Å². The maximum atomic E-state index is 12.9. The number of ether oxygens (including phenoxy) is 5. The van der Waals surface area contributed by atoms with Crippen molar-refractivity contribution in [1.29, 1.82) is 0 Å². The number of carbonyl (C=O) groups is 2. The Hall–Kier alpha value is -4.84. The first-order valence-corrected chi connectivity index (χ1v) is 18.2. The number of pyridine rings is 1. The van der Waals surface area contributed by atoms with Crippen molar-refractivity contribution in [2.45, 2.75) is 72.0 Å². The van der Waals surface area contributed by atoms with Gasteiger partial charge in [0.05, 0.1) is 23.1 Å².